The van der Waals surface area contributed by atoms with Crippen molar-refractivity contribution in [3.05, 3.63) is 11.2 Å². The van der Waals surface area contributed by atoms with E-state index in [9.17, 15) is 13.2 Å². The SMILES string of the molecule is O=C(O)c1ncsc1S(=O)(=O)N1CCCCO1. The second-order valence-electron chi connectivity index (χ2n) is 3.37. The van der Waals surface area contributed by atoms with Gasteiger partial charge in [0.05, 0.1) is 12.1 Å². The van der Waals surface area contributed by atoms with Gasteiger partial charge in [-0.15, -0.1) is 11.3 Å². The number of carboxylic acids is 1. The normalized spacial score (nSPS) is 18.1. The van der Waals surface area contributed by atoms with E-state index in [1.165, 1.54) is 5.51 Å². The van der Waals surface area contributed by atoms with Crippen LogP contribution >= 0.6 is 11.3 Å². The zero-order valence-corrected chi connectivity index (χ0v) is 10.3. The Labute approximate surface area is 102 Å². The van der Waals surface area contributed by atoms with Gasteiger partial charge in [0.25, 0.3) is 10.0 Å². The summed E-state index contributed by atoms with van der Waals surface area (Å²) in [6.45, 7) is 0.555. The molecule has 0 aliphatic carbocycles. The molecule has 1 aromatic rings. The molecule has 1 N–H and O–H groups in total. The number of hydrogen-bond acceptors (Lipinski definition) is 6. The van der Waals surface area contributed by atoms with Crippen LogP contribution in [0.15, 0.2) is 9.72 Å². The molecule has 1 aromatic heterocycles. The van der Waals surface area contributed by atoms with E-state index >= 15 is 0 Å². The minimum atomic E-state index is -3.91. The van der Waals surface area contributed by atoms with Crippen molar-refractivity contribution in [1.82, 2.24) is 9.45 Å². The molecule has 7 nitrogen and oxygen atoms in total. The van der Waals surface area contributed by atoms with E-state index in [1.54, 1.807) is 0 Å². The number of carbonyl (C=O) groups is 1. The first-order valence-corrected chi connectivity index (χ1v) is 7.18. The quantitative estimate of drug-likeness (QED) is 0.867. The molecule has 0 radical (unpaired) electrons. The summed E-state index contributed by atoms with van der Waals surface area (Å²) in [5.41, 5.74) is 0.740. The van der Waals surface area contributed by atoms with Gasteiger partial charge in [0.2, 0.25) is 0 Å². The van der Waals surface area contributed by atoms with Crippen LogP contribution in [0, 0.1) is 0 Å². The minimum absolute atomic E-state index is 0.235. The highest BCUT2D eigenvalue weighted by Crippen LogP contribution is 2.26. The van der Waals surface area contributed by atoms with Crippen molar-refractivity contribution in [3.8, 4) is 0 Å². The first kappa shape index (κ1) is 12.4. The molecule has 1 fully saturated rings. The maximum Gasteiger partial charge on any atom is 0.356 e. The maximum atomic E-state index is 12.1. The first-order chi connectivity index (χ1) is 8.03. The number of aromatic nitrogens is 1. The van der Waals surface area contributed by atoms with Crippen LogP contribution < -0.4 is 0 Å². The molecule has 0 unspecified atom stereocenters. The number of rotatable bonds is 3. The van der Waals surface area contributed by atoms with Crippen molar-refractivity contribution >= 4 is 27.3 Å². The molecule has 0 spiro atoms. The van der Waals surface area contributed by atoms with Gasteiger partial charge in [-0.3, -0.25) is 4.84 Å². The Kier molecular flexibility index (Phi) is 3.43. The highest BCUT2D eigenvalue weighted by molar-refractivity contribution is 7.91. The third-order valence-electron chi connectivity index (χ3n) is 2.21. The molecule has 9 heteroatoms. The Morgan fingerprint density at radius 2 is 2.29 bits per heavy atom. The molecular weight excluding hydrogens is 268 g/mol. The molecular formula is C8H10N2O5S2. The van der Waals surface area contributed by atoms with Gasteiger partial charge in [-0.2, -0.15) is 0 Å². The average molecular weight is 278 g/mol. The third-order valence-corrected chi connectivity index (χ3v) is 5.23. The van der Waals surface area contributed by atoms with Crippen LogP contribution in [-0.2, 0) is 14.9 Å². The molecule has 94 valence electrons. The van der Waals surface area contributed by atoms with Crippen molar-refractivity contribution in [3.63, 3.8) is 0 Å². The standard InChI is InChI=1S/C8H10N2O5S2/c11-7(12)6-8(16-5-9-6)17(13,14)10-3-1-2-4-15-10/h5H,1-4H2,(H,11,12). The number of thiazole rings is 1. The van der Waals surface area contributed by atoms with Gasteiger partial charge in [-0.05, 0) is 12.8 Å². The van der Waals surface area contributed by atoms with Crippen LogP contribution in [0.1, 0.15) is 23.3 Å². The molecule has 1 saturated heterocycles. The van der Waals surface area contributed by atoms with Gasteiger partial charge >= 0.3 is 5.97 Å². The van der Waals surface area contributed by atoms with Crippen molar-refractivity contribution in [1.29, 1.82) is 0 Å². The minimum Gasteiger partial charge on any atom is -0.476 e. The summed E-state index contributed by atoms with van der Waals surface area (Å²) in [5.74, 6) is -1.36. The van der Waals surface area contributed by atoms with E-state index in [0.717, 1.165) is 22.2 Å². The number of nitrogens with zero attached hydrogens (tertiary/aromatic N) is 2. The summed E-state index contributed by atoms with van der Waals surface area (Å²) in [6.07, 6.45) is 1.49. The Morgan fingerprint density at radius 1 is 1.53 bits per heavy atom. The summed E-state index contributed by atoms with van der Waals surface area (Å²) < 4.78 is 24.7. The van der Waals surface area contributed by atoms with Crippen molar-refractivity contribution in [2.75, 3.05) is 13.2 Å². The van der Waals surface area contributed by atoms with Crippen LogP contribution in [0.3, 0.4) is 0 Å². The molecule has 2 rings (SSSR count). The number of aromatic carboxylic acids is 1. The molecule has 17 heavy (non-hydrogen) atoms. The van der Waals surface area contributed by atoms with Crippen molar-refractivity contribution in [2.45, 2.75) is 17.1 Å². The second kappa shape index (κ2) is 4.69. The molecule has 0 aromatic carbocycles. The smallest absolute Gasteiger partial charge is 0.356 e. The van der Waals surface area contributed by atoms with E-state index in [2.05, 4.69) is 4.98 Å². The number of hydrogen-bond donors (Lipinski definition) is 1. The fraction of sp³-hybridized carbons (Fsp3) is 0.500. The van der Waals surface area contributed by atoms with E-state index in [0.29, 0.717) is 13.0 Å². The monoisotopic (exact) mass is 278 g/mol. The molecule has 0 saturated carbocycles. The Morgan fingerprint density at radius 3 is 2.88 bits per heavy atom. The van der Waals surface area contributed by atoms with Crippen LogP contribution in [0.5, 0.6) is 0 Å². The largest absolute Gasteiger partial charge is 0.476 e. The van der Waals surface area contributed by atoms with E-state index < -0.39 is 21.7 Å². The van der Waals surface area contributed by atoms with Gasteiger partial charge < -0.3 is 5.11 Å². The highest BCUT2D eigenvalue weighted by Gasteiger charge is 2.33. The Hall–Kier alpha value is -1.03. The van der Waals surface area contributed by atoms with Gasteiger partial charge in [-0.25, -0.2) is 18.2 Å². The third kappa shape index (κ3) is 2.32. The molecule has 1 aliphatic rings. The number of sulfonamides is 1. The predicted molar refractivity (Wildman–Crippen MR) is 58.2 cm³/mol. The van der Waals surface area contributed by atoms with Crippen molar-refractivity contribution < 1.29 is 23.2 Å². The second-order valence-corrected chi connectivity index (χ2v) is 6.24. The topological polar surface area (TPSA) is 96.8 Å². The highest BCUT2D eigenvalue weighted by atomic mass is 32.2. The lowest BCUT2D eigenvalue weighted by molar-refractivity contribution is -0.108. The van der Waals surface area contributed by atoms with Crippen molar-refractivity contribution in [2.24, 2.45) is 0 Å². The fourth-order valence-corrected chi connectivity index (χ4v) is 3.94. The van der Waals surface area contributed by atoms with Crippen LogP contribution in [0.4, 0.5) is 0 Å². The number of hydroxylamine groups is 1. The molecule has 2 heterocycles. The summed E-state index contributed by atoms with van der Waals surface area (Å²) in [4.78, 5) is 19.4. The van der Waals surface area contributed by atoms with Gasteiger partial charge in [0.15, 0.2) is 9.90 Å². The van der Waals surface area contributed by atoms with Gasteiger partial charge in [0.1, 0.15) is 0 Å². The summed E-state index contributed by atoms with van der Waals surface area (Å²) in [5, 5.41) is 8.84. The summed E-state index contributed by atoms with van der Waals surface area (Å²) in [6, 6.07) is 0. The fourth-order valence-electron chi connectivity index (χ4n) is 1.42. The van der Waals surface area contributed by atoms with Gasteiger partial charge in [0, 0.05) is 6.54 Å². The zero-order chi connectivity index (χ0) is 12.5. The zero-order valence-electron chi connectivity index (χ0n) is 8.70. The first-order valence-electron chi connectivity index (χ1n) is 4.86. The van der Waals surface area contributed by atoms with E-state index in [-0.39, 0.29) is 10.8 Å². The molecule has 0 bridgehead atoms. The number of carboxylic acid groups (broad SMARTS) is 1. The molecule has 1 aliphatic heterocycles. The molecule has 0 atom stereocenters. The van der Waals surface area contributed by atoms with Gasteiger partial charge in [-0.1, -0.05) is 4.47 Å². The lowest BCUT2D eigenvalue weighted by Crippen LogP contribution is -2.36. The van der Waals surface area contributed by atoms with Crippen LogP contribution in [0.2, 0.25) is 0 Å². The average Bonchev–Trinajstić information content (AvgIpc) is 2.80. The maximum absolute atomic E-state index is 12.1. The Bertz CT molecular complexity index is 518. The van der Waals surface area contributed by atoms with Crippen LogP contribution in [-0.4, -0.2) is 42.1 Å². The molecule has 0 amide bonds. The summed E-state index contributed by atoms with van der Waals surface area (Å²) in [7, 11) is -3.91. The van der Waals surface area contributed by atoms with E-state index in [1.807, 2.05) is 0 Å². The summed E-state index contributed by atoms with van der Waals surface area (Å²) >= 11 is 0.777. The van der Waals surface area contributed by atoms with E-state index in [4.69, 9.17) is 9.94 Å². The Balaban J connectivity index is 2.37. The lowest BCUT2D eigenvalue weighted by atomic mass is 10.3. The lowest BCUT2D eigenvalue weighted by Gasteiger charge is -2.24. The van der Waals surface area contributed by atoms with Crippen LogP contribution in [0.25, 0.3) is 0 Å². The predicted octanol–water partition coefficient (Wildman–Crippen LogP) is 0.557.